The Bertz CT molecular complexity index is 557. The lowest BCUT2D eigenvalue weighted by atomic mass is 9.95. The van der Waals surface area contributed by atoms with Crippen LogP contribution in [0.15, 0.2) is 24.3 Å². The Morgan fingerprint density at radius 3 is 2.63 bits per heavy atom. The Morgan fingerprint density at radius 2 is 2.00 bits per heavy atom. The third kappa shape index (κ3) is 2.38. The van der Waals surface area contributed by atoms with Crippen LogP contribution in [-0.4, -0.2) is 21.7 Å². The number of benzene rings is 1. The number of nitrogens with zero attached hydrogens (tertiary/aromatic N) is 2. The molecule has 0 amide bonds. The van der Waals surface area contributed by atoms with Crippen LogP contribution in [0.1, 0.15) is 36.5 Å². The van der Waals surface area contributed by atoms with E-state index in [9.17, 15) is 0 Å². The highest BCUT2D eigenvalue weighted by atomic mass is 35.5. The number of hydrogen-bond acceptors (Lipinski definition) is 3. The van der Waals surface area contributed by atoms with Crippen molar-refractivity contribution in [3.63, 3.8) is 0 Å². The van der Waals surface area contributed by atoms with Gasteiger partial charge in [-0.1, -0.05) is 23.7 Å². The zero-order chi connectivity index (χ0) is 13.3. The minimum absolute atomic E-state index is 0.00204. The molecule has 0 spiro atoms. The van der Waals surface area contributed by atoms with Gasteiger partial charge in [0, 0.05) is 11.4 Å². The second kappa shape index (κ2) is 4.94. The number of hydrogen-bond donors (Lipinski definition) is 2. The van der Waals surface area contributed by atoms with Gasteiger partial charge in [-0.05, 0) is 43.5 Å². The Kier molecular flexibility index (Phi) is 3.29. The molecule has 1 aliphatic carbocycles. The predicted molar refractivity (Wildman–Crippen MR) is 75.2 cm³/mol. The van der Waals surface area contributed by atoms with E-state index in [1.165, 1.54) is 5.56 Å². The Balaban J connectivity index is 1.84. The van der Waals surface area contributed by atoms with E-state index in [0.717, 1.165) is 42.4 Å². The van der Waals surface area contributed by atoms with E-state index in [4.69, 9.17) is 17.3 Å². The first kappa shape index (κ1) is 12.6. The molecule has 19 heavy (non-hydrogen) atoms. The molecule has 3 rings (SSSR count). The first-order chi connectivity index (χ1) is 9.24. The molecule has 4 nitrogen and oxygen atoms in total. The summed E-state index contributed by atoms with van der Waals surface area (Å²) >= 11 is 5.94. The van der Waals surface area contributed by atoms with Gasteiger partial charge in [-0.25, -0.2) is 4.98 Å². The molecule has 0 aliphatic heterocycles. The van der Waals surface area contributed by atoms with Crippen LogP contribution in [0.25, 0.3) is 0 Å². The highest BCUT2D eigenvalue weighted by molar-refractivity contribution is 6.30. The van der Waals surface area contributed by atoms with Crippen LogP contribution in [0.3, 0.4) is 0 Å². The van der Waals surface area contributed by atoms with E-state index in [-0.39, 0.29) is 5.41 Å². The zero-order valence-electron chi connectivity index (χ0n) is 10.7. The smallest absolute Gasteiger partial charge is 0.161 e. The SMILES string of the molecule is NCCCc1nc(C2(c3ccc(Cl)cc3)CC2)n[nH]1. The first-order valence-electron chi connectivity index (χ1n) is 6.62. The topological polar surface area (TPSA) is 67.6 Å². The van der Waals surface area contributed by atoms with E-state index in [2.05, 4.69) is 27.3 Å². The van der Waals surface area contributed by atoms with Crippen molar-refractivity contribution in [3.8, 4) is 0 Å². The molecule has 0 unspecified atom stereocenters. The lowest BCUT2D eigenvalue weighted by Crippen LogP contribution is -2.11. The standard InChI is InChI=1S/C14H17ClN4/c15-11-5-3-10(4-6-11)14(7-8-14)13-17-12(18-19-13)2-1-9-16/h3-6H,1-2,7-9,16H2,(H,17,18,19). The summed E-state index contributed by atoms with van der Waals surface area (Å²) in [6.07, 6.45) is 3.99. The maximum atomic E-state index is 5.94. The van der Waals surface area contributed by atoms with Crippen molar-refractivity contribution in [2.75, 3.05) is 6.54 Å². The zero-order valence-corrected chi connectivity index (χ0v) is 11.5. The average Bonchev–Trinajstić information content (AvgIpc) is 3.10. The van der Waals surface area contributed by atoms with Gasteiger partial charge in [0.05, 0.1) is 5.41 Å². The predicted octanol–water partition coefficient (Wildman–Crippen LogP) is 2.43. The minimum Gasteiger partial charge on any atom is -0.330 e. The maximum Gasteiger partial charge on any atom is 0.161 e. The molecular weight excluding hydrogens is 260 g/mol. The van der Waals surface area contributed by atoms with E-state index in [0.29, 0.717) is 6.54 Å². The molecule has 0 radical (unpaired) electrons. The normalized spacial score (nSPS) is 16.5. The van der Waals surface area contributed by atoms with Gasteiger partial charge in [0.25, 0.3) is 0 Å². The number of nitrogens with two attached hydrogens (primary N) is 1. The van der Waals surface area contributed by atoms with Crippen LogP contribution >= 0.6 is 11.6 Å². The fourth-order valence-corrected chi connectivity index (χ4v) is 2.55. The second-order valence-electron chi connectivity index (χ2n) is 5.09. The van der Waals surface area contributed by atoms with E-state index >= 15 is 0 Å². The quantitative estimate of drug-likeness (QED) is 0.881. The van der Waals surface area contributed by atoms with Gasteiger partial charge in [0.1, 0.15) is 5.82 Å². The Labute approximate surface area is 117 Å². The molecule has 1 aromatic heterocycles. The number of aromatic nitrogens is 3. The maximum absolute atomic E-state index is 5.94. The lowest BCUT2D eigenvalue weighted by molar-refractivity contribution is 0.758. The van der Waals surface area contributed by atoms with Gasteiger partial charge in [-0.3, -0.25) is 5.10 Å². The molecule has 5 heteroatoms. The molecule has 0 atom stereocenters. The molecule has 1 aromatic carbocycles. The van der Waals surface area contributed by atoms with Crippen LogP contribution in [0.5, 0.6) is 0 Å². The average molecular weight is 277 g/mol. The molecule has 0 bridgehead atoms. The first-order valence-corrected chi connectivity index (χ1v) is 7.00. The molecule has 1 fully saturated rings. The highest BCUT2D eigenvalue weighted by Gasteiger charge is 2.49. The lowest BCUT2D eigenvalue weighted by Gasteiger charge is -2.11. The number of H-pyrrole nitrogens is 1. The van der Waals surface area contributed by atoms with Gasteiger partial charge in [-0.15, -0.1) is 0 Å². The van der Waals surface area contributed by atoms with Crippen molar-refractivity contribution in [1.29, 1.82) is 0 Å². The van der Waals surface area contributed by atoms with Crippen molar-refractivity contribution >= 4 is 11.6 Å². The van der Waals surface area contributed by atoms with Crippen LogP contribution in [0.4, 0.5) is 0 Å². The molecule has 0 saturated heterocycles. The Morgan fingerprint density at radius 1 is 1.26 bits per heavy atom. The highest BCUT2D eigenvalue weighted by Crippen LogP contribution is 2.52. The number of halogens is 1. The van der Waals surface area contributed by atoms with Gasteiger partial charge in [-0.2, -0.15) is 5.10 Å². The van der Waals surface area contributed by atoms with Crippen LogP contribution in [0.2, 0.25) is 5.02 Å². The molecule has 1 saturated carbocycles. The van der Waals surface area contributed by atoms with Crippen LogP contribution < -0.4 is 5.73 Å². The molecule has 3 N–H and O–H groups in total. The van der Waals surface area contributed by atoms with Gasteiger partial charge >= 0.3 is 0 Å². The van der Waals surface area contributed by atoms with Crippen LogP contribution in [-0.2, 0) is 11.8 Å². The van der Waals surface area contributed by atoms with Crippen molar-refractivity contribution in [3.05, 3.63) is 46.5 Å². The fraction of sp³-hybridized carbons (Fsp3) is 0.429. The molecule has 100 valence electrons. The summed E-state index contributed by atoms with van der Waals surface area (Å²) < 4.78 is 0. The summed E-state index contributed by atoms with van der Waals surface area (Å²) in [4.78, 5) is 4.63. The van der Waals surface area contributed by atoms with E-state index in [1.54, 1.807) is 0 Å². The summed E-state index contributed by atoms with van der Waals surface area (Å²) in [7, 11) is 0. The molecule has 1 aliphatic rings. The summed E-state index contributed by atoms with van der Waals surface area (Å²) in [6.45, 7) is 0.679. The monoisotopic (exact) mass is 276 g/mol. The van der Waals surface area contributed by atoms with Crippen molar-refractivity contribution in [2.45, 2.75) is 31.1 Å². The second-order valence-corrected chi connectivity index (χ2v) is 5.52. The number of rotatable bonds is 5. The van der Waals surface area contributed by atoms with E-state index in [1.807, 2.05) is 12.1 Å². The minimum atomic E-state index is 0.00204. The van der Waals surface area contributed by atoms with Crippen molar-refractivity contribution in [2.24, 2.45) is 5.73 Å². The fourth-order valence-electron chi connectivity index (χ4n) is 2.43. The van der Waals surface area contributed by atoms with E-state index < -0.39 is 0 Å². The number of aromatic amines is 1. The third-order valence-corrected chi connectivity index (χ3v) is 3.98. The van der Waals surface area contributed by atoms with Gasteiger partial charge < -0.3 is 5.73 Å². The van der Waals surface area contributed by atoms with Crippen LogP contribution in [0, 0.1) is 0 Å². The summed E-state index contributed by atoms with van der Waals surface area (Å²) in [6, 6.07) is 8.01. The molecule has 2 aromatic rings. The van der Waals surface area contributed by atoms with Crippen molar-refractivity contribution in [1.82, 2.24) is 15.2 Å². The van der Waals surface area contributed by atoms with Crippen molar-refractivity contribution < 1.29 is 0 Å². The number of aryl methyl sites for hydroxylation is 1. The Hall–Kier alpha value is -1.39. The third-order valence-electron chi connectivity index (χ3n) is 3.72. The molecular formula is C14H17ClN4. The summed E-state index contributed by atoms with van der Waals surface area (Å²) in [5.74, 6) is 1.84. The largest absolute Gasteiger partial charge is 0.330 e. The summed E-state index contributed by atoms with van der Waals surface area (Å²) in [5.41, 5.74) is 6.77. The summed E-state index contributed by atoms with van der Waals surface area (Å²) in [5, 5.41) is 8.18. The van der Waals surface area contributed by atoms with Gasteiger partial charge in [0.2, 0.25) is 0 Å². The van der Waals surface area contributed by atoms with Gasteiger partial charge in [0.15, 0.2) is 5.82 Å². The number of nitrogens with one attached hydrogen (secondary N) is 1. The molecule has 1 heterocycles.